The summed E-state index contributed by atoms with van der Waals surface area (Å²) >= 11 is 0. The normalized spacial score (nSPS) is 15.8. The molecule has 6 heteroatoms. The number of allylic oxidation sites excluding steroid dienone is 2. The Kier molecular flexibility index (Phi) is 6.76. The van der Waals surface area contributed by atoms with Crippen LogP contribution in [-0.2, 0) is 11.3 Å². The van der Waals surface area contributed by atoms with Gasteiger partial charge in [-0.05, 0) is 43.0 Å². The van der Waals surface area contributed by atoms with E-state index < -0.39 is 0 Å². The number of amides is 1. The van der Waals surface area contributed by atoms with Crippen LogP contribution in [0, 0.1) is 5.82 Å². The summed E-state index contributed by atoms with van der Waals surface area (Å²) in [6.45, 7) is 4.86. The average Bonchev–Trinajstić information content (AvgIpc) is 3.16. The van der Waals surface area contributed by atoms with E-state index in [-0.39, 0.29) is 23.8 Å². The molecule has 2 aromatic rings. The lowest BCUT2D eigenvalue weighted by Gasteiger charge is -2.22. The monoisotopic (exact) mass is 382 g/mol. The Balaban J connectivity index is 1.63. The standard InChI is InChI=1S/C22H27FN4O/c1-16(18-8-10-20(23)11-9-18)27-15-25-13-21(27)12-24-14-22(26-17(2)28)19-6-4-3-5-7-19/h4,6-11,13,15-16,22,24H,3,5,12,14H2,1-2H3,(H,26,28). The van der Waals surface area contributed by atoms with E-state index in [0.717, 1.165) is 29.7 Å². The first-order valence-corrected chi connectivity index (χ1v) is 9.65. The Morgan fingerprint density at radius 1 is 1.29 bits per heavy atom. The number of aromatic nitrogens is 2. The number of carbonyl (C=O) groups is 1. The maximum atomic E-state index is 13.2. The largest absolute Gasteiger partial charge is 0.348 e. The van der Waals surface area contributed by atoms with E-state index in [9.17, 15) is 9.18 Å². The van der Waals surface area contributed by atoms with Crippen molar-refractivity contribution in [2.24, 2.45) is 0 Å². The van der Waals surface area contributed by atoms with Gasteiger partial charge in [-0.25, -0.2) is 9.37 Å². The molecule has 2 N–H and O–H groups in total. The van der Waals surface area contributed by atoms with Crippen LogP contribution in [0.4, 0.5) is 4.39 Å². The Hall–Kier alpha value is -2.73. The molecule has 1 aliphatic carbocycles. The topological polar surface area (TPSA) is 59.0 Å². The van der Waals surface area contributed by atoms with Crippen LogP contribution in [0.2, 0.25) is 0 Å². The highest BCUT2D eigenvalue weighted by Crippen LogP contribution is 2.20. The van der Waals surface area contributed by atoms with Gasteiger partial charge in [-0.3, -0.25) is 4.79 Å². The number of hydrogen-bond donors (Lipinski definition) is 2. The van der Waals surface area contributed by atoms with E-state index >= 15 is 0 Å². The Labute approximate surface area is 165 Å². The van der Waals surface area contributed by atoms with E-state index in [4.69, 9.17) is 0 Å². The summed E-state index contributed by atoms with van der Waals surface area (Å²) in [6.07, 6.45) is 12.1. The number of hydrogen-bond acceptors (Lipinski definition) is 3. The molecule has 0 fully saturated rings. The molecular weight excluding hydrogens is 355 g/mol. The molecule has 0 bridgehead atoms. The molecule has 1 aromatic heterocycles. The molecule has 0 saturated heterocycles. The summed E-state index contributed by atoms with van der Waals surface area (Å²) in [6, 6.07) is 6.54. The first-order chi connectivity index (χ1) is 13.5. The summed E-state index contributed by atoms with van der Waals surface area (Å²) < 4.78 is 15.3. The second kappa shape index (κ2) is 9.46. The zero-order valence-electron chi connectivity index (χ0n) is 16.4. The number of halogens is 1. The number of imidazole rings is 1. The number of nitrogens with one attached hydrogen (secondary N) is 2. The lowest BCUT2D eigenvalue weighted by molar-refractivity contribution is -0.119. The van der Waals surface area contributed by atoms with Crippen molar-refractivity contribution >= 4 is 5.91 Å². The fourth-order valence-corrected chi connectivity index (χ4v) is 3.45. The van der Waals surface area contributed by atoms with Crippen LogP contribution in [0.5, 0.6) is 0 Å². The molecule has 2 unspecified atom stereocenters. The van der Waals surface area contributed by atoms with Gasteiger partial charge in [0.15, 0.2) is 0 Å². The molecule has 2 atom stereocenters. The number of rotatable bonds is 8. The lowest BCUT2D eigenvalue weighted by Crippen LogP contribution is -2.42. The van der Waals surface area contributed by atoms with E-state index in [2.05, 4.69) is 45.3 Å². The molecule has 5 nitrogen and oxygen atoms in total. The third-order valence-corrected chi connectivity index (χ3v) is 4.97. The Morgan fingerprint density at radius 3 is 2.75 bits per heavy atom. The Morgan fingerprint density at radius 2 is 2.07 bits per heavy atom. The fourth-order valence-electron chi connectivity index (χ4n) is 3.45. The van der Waals surface area contributed by atoms with Crippen molar-refractivity contribution in [1.82, 2.24) is 20.2 Å². The maximum Gasteiger partial charge on any atom is 0.217 e. The van der Waals surface area contributed by atoms with Crippen LogP contribution >= 0.6 is 0 Å². The van der Waals surface area contributed by atoms with Gasteiger partial charge in [0.05, 0.1) is 24.1 Å². The minimum atomic E-state index is -0.237. The van der Waals surface area contributed by atoms with Crippen LogP contribution in [0.1, 0.15) is 44.0 Å². The molecule has 0 saturated carbocycles. The second-order valence-corrected chi connectivity index (χ2v) is 7.09. The van der Waals surface area contributed by atoms with Crippen molar-refractivity contribution in [1.29, 1.82) is 0 Å². The van der Waals surface area contributed by atoms with Crippen molar-refractivity contribution in [2.75, 3.05) is 6.54 Å². The molecule has 1 aliphatic rings. The van der Waals surface area contributed by atoms with E-state index in [1.54, 1.807) is 25.4 Å². The van der Waals surface area contributed by atoms with Crippen molar-refractivity contribution in [3.63, 3.8) is 0 Å². The third-order valence-electron chi connectivity index (χ3n) is 4.97. The number of nitrogens with zero attached hydrogens (tertiary/aromatic N) is 2. The molecule has 0 aliphatic heterocycles. The average molecular weight is 382 g/mol. The Bertz CT molecular complexity index is 854. The lowest BCUT2D eigenvalue weighted by atomic mass is 10.00. The number of carbonyl (C=O) groups excluding carboxylic acids is 1. The van der Waals surface area contributed by atoms with Gasteiger partial charge in [0.25, 0.3) is 0 Å². The molecule has 0 radical (unpaired) electrons. The summed E-state index contributed by atoms with van der Waals surface area (Å²) in [5.41, 5.74) is 3.20. The molecular formula is C22H27FN4O. The summed E-state index contributed by atoms with van der Waals surface area (Å²) in [4.78, 5) is 15.9. The predicted octanol–water partition coefficient (Wildman–Crippen LogP) is 3.50. The highest BCUT2D eigenvalue weighted by molar-refractivity contribution is 5.73. The third kappa shape index (κ3) is 5.16. The van der Waals surface area contributed by atoms with Crippen LogP contribution < -0.4 is 10.6 Å². The zero-order valence-corrected chi connectivity index (χ0v) is 16.4. The fraction of sp³-hybridized carbons (Fsp3) is 0.364. The summed E-state index contributed by atoms with van der Waals surface area (Å²) in [5, 5.41) is 6.46. The van der Waals surface area contributed by atoms with Crippen LogP contribution in [0.15, 0.2) is 60.6 Å². The summed E-state index contributed by atoms with van der Waals surface area (Å²) in [5.74, 6) is -0.278. The van der Waals surface area contributed by atoms with Crippen molar-refractivity contribution in [2.45, 2.75) is 45.3 Å². The SMILES string of the molecule is CC(=O)NC(CNCc1cncn1C(C)c1ccc(F)cc1)C1=CCCC=C1. The summed E-state index contributed by atoms with van der Waals surface area (Å²) in [7, 11) is 0. The van der Waals surface area contributed by atoms with Gasteiger partial charge in [0.2, 0.25) is 5.91 Å². The minimum absolute atomic E-state index is 0.0401. The highest BCUT2D eigenvalue weighted by Gasteiger charge is 2.16. The van der Waals surface area contributed by atoms with Gasteiger partial charge in [-0.2, -0.15) is 0 Å². The molecule has 0 spiro atoms. The van der Waals surface area contributed by atoms with Gasteiger partial charge in [-0.1, -0.05) is 30.4 Å². The van der Waals surface area contributed by atoms with Gasteiger partial charge in [0, 0.05) is 26.2 Å². The van der Waals surface area contributed by atoms with Crippen molar-refractivity contribution in [3.05, 3.63) is 77.7 Å². The molecule has 1 amide bonds. The van der Waals surface area contributed by atoms with E-state index in [0.29, 0.717) is 13.1 Å². The minimum Gasteiger partial charge on any atom is -0.348 e. The van der Waals surface area contributed by atoms with Crippen molar-refractivity contribution < 1.29 is 9.18 Å². The predicted molar refractivity (Wildman–Crippen MR) is 108 cm³/mol. The molecule has 3 rings (SSSR count). The first kappa shape index (κ1) is 20.0. The molecule has 1 aromatic carbocycles. The van der Waals surface area contributed by atoms with Crippen LogP contribution in [-0.4, -0.2) is 28.0 Å². The van der Waals surface area contributed by atoms with Gasteiger partial charge in [-0.15, -0.1) is 0 Å². The zero-order chi connectivity index (χ0) is 19.9. The van der Waals surface area contributed by atoms with Gasteiger partial charge in [0.1, 0.15) is 5.82 Å². The molecule has 28 heavy (non-hydrogen) atoms. The quantitative estimate of drug-likeness (QED) is 0.735. The second-order valence-electron chi connectivity index (χ2n) is 7.09. The van der Waals surface area contributed by atoms with Crippen LogP contribution in [0.3, 0.4) is 0 Å². The van der Waals surface area contributed by atoms with Crippen LogP contribution in [0.25, 0.3) is 0 Å². The highest BCUT2D eigenvalue weighted by atomic mass is 19.1. The maximum absolute atomic E-state index is 13.2. The molecule has 1 heterocycles. The van der Waals surface area contributed by atoms with E-state index in [1.807, 2.05) is 6.20 Å². The van der Waals surface area contributed by atoms with Gasteiger partial charge < -0.3 is 15.2 Å². The smallest absolute Gasteiger partial charge is 0.217 e. The van der Waals surface area contributed by atoms with Gasteiger partial charge >= 0.3 is 0 Å². The number of benzene rings is 1. The molecule has 148 valence electrons. The van der Waals surface area contributed by atoms with Crippen molar-refractivity contribution in [3.8, 4) is 0 Å². The first-order valence-electron chi connectivity index (χ1n) is 9.65. The van der Waals surface area contributed by atoms with E-state index in [1.165, 1.54) is 12.1 Å².